The van der Waals surface area contributed by atoms with E-state index in [1.807, 2.05) is 13.8 Å². The molecule has 18 heavy (non-hydrogen) atoms. The topological polar surface area (TPSA) is 98.7 Å². The zero-order valence-corrected chi connectivity index (χ0v) is 11.5. The third-order valence-corrected chi connectivity index (χ3v) is 2.53. The molecule has 4 N–H and O–H groups in total. The fraction of sp³-hybridized carbons (Fsp3) is 0.833. The summed E-state index contributed by atoms with van der Waals surface area (Å²) in [6.07, 6.45) is -1.35. The summed E-state index contributed by atoms with van der Waals surface area (Å²) in [5.41, 5.74) is -0.932. The molecule has 6 heteroatoms. The van der Waals surface area contributed by atoms with Crippen LogP contribution in [0.4, 0.5) is 0 Å². The van der Waals surface area contributed by atoms with Crippen molar-refractivity contribution in [3.8, 4) is 0 Å². The zero-order valence-electron chi connectivity index (χ0n) is 11.5. The largest absolute Gasteiger partial charge is 0.396 e. The van der Waals surface area contributed by atoms with Crippen LogP contribution in [0.5, 0.6) is 0 Å². The molecule has 1 atom stereocenters. The quantitative estimate of drug-likeness (QED) is 0.484. The Balaban J connectivity index is 4.07. The van der Waals surface area contributed by atoms with Crippen LogP contribution in [0.15, 0.2) is 0 Å². The van der Waals surface area contributed by atoms with Crippen LogP contribution in [-0.4, -0.2) is 47.8 Å². The van der Waals surface area contributed by atoms with Crippen LogP contribution in [0.25, 0.3) is 0 Å². The molecule has 2 amide bonds. The molecular formula is C12H24N2O4. The average molecular weight is 260 g/mol. The third-order valence-electron chi connectivity index (χ3n) is 2.53. The lowest BCUT2D eigenvalue weighted by atomic mass is 9.87. The molecule has 0 spiro atoms. The molecule has 0 aliphatic carbocycles. The normalized spacial score (nSPS) is 13.3. The third kappa shape index (κ3) is 5.97. The summed E-state index contributed by atoms with van der Waals surface area (Å²) in [6, 6.07) is 0. The van der Waals surface area contributed by atoms with Gasteiger partial charge in [-0.25, -0.2) is 0 Å². The highest BCUT2D eigenvalue weighted by atomic mass is 16.3. The molecule has 6 nitrogen and oxygen atoms in total. The number of amides is 2. The number of aliphatic hydroxyl groups excluding tert-OH is 2. The molecule has 0 aromatic heterocycles. The van der Waals surface area contributed by atoms with Crippen molar-refractivity contribution in [2.24, 2.45) is 11.3 Å². The standard InChI is InChI=1S/C12H24N2O4/c1-8(2)5-13-9(16)6-14-11(18)10(17)12(3,4)7-15/h8,10,15,17H,5-7H2,1-4H3,(H,13,16)(H,14,18)/t10-/m0/s1. The summed E-state index contributed by atoms with van der Waals surface area (Å²) in [5, 5.41) is 23.7. The molecule has 0 bridgehead atoms. The maximum absolute atomic E-state index is 11.5. The summed E-state index contributed by atoms with van der Waals surface area (Å²) in [7, 11) is 0. The van der Waals surface area contributed by atoms with E-state index < -0.39 is 17.4 Å². The van der Waals surface area contributed by atoms with Gasteiger partial charge < -0.3 is 20.8 Å². The molecule has 0 radical (unpaired) electrons. The van der Waals surface area contributed by atoms with Crippen molar-refractivity contribution in [3.63, 3.8) is 0 Å². The molecule has 0 fully saturated rings. The van der Waals surface area contributed by atoms with Gasteiger partial charge in [0.05, 0.1) is 13.2 Å². The molecule has 0 aromatic carbocycles. The lowest BCUT2D eigenvalue weighted by Crippen LogP contribution is -2.48. The Bertz CT molecular complexity index is 290. The number of hydrogen-bond acceptors (Lipinski definition) is 4. The number of nitrogens with one attached hydrogen (secondary N) is 2. The Morgan fingerprint density at radius 2 is 1.78 bits per heavy atom. The Labute approximate surface area is 108 Å². The van der Waals surface area contributed by atoms with Crippen LogP contribution in [0.1, 0.15) is 27.7 Å². The van der Waals surface area contributed by atoms with Crippen LogP contribution in [0, 0.1) is 11.3 Å². The molecule has 0 heterocycles. The molecule has 0 saturated carbocycles. The highest BCUT2D eigenvalue weighted by molar-refractivity contribution is 5.87. The Hall–Kier alpha value is -1.14. The Kier molecular flexibility index (Phi) is 6.86. The lowest BCUT2D eigenvalue weighted by molar-refractivity contribution is -0.138. The van der Waals surface area contributed by atoms with Gasteiger partial charge in [-0.3, -0.25) is 9.59 Å². The number of carbonyl (C=O) groups is 2. The molecule has 0 aromatic rings. The van der Waals surface area contributed by atoms with Crippen molar-refractivity contribution >= 4 is 11.8 Å². The number of carbonyl (C=O) groups excluding carboxylic acids is 2. The first-order valence-electron chi connectivity index (χ1n) is 6.04. The molecule has 0 aliphatic rings. The highest BCUT2D eigenvalue weighted by Crippen LogP contribution is 2.19. The maximum Gasteiger partial charge on any atom is 0.249 e. The predicted octanol–water partition coefficient (Wildman–Crippen LogP) is -0.746. The SMILES string of the molecule is CC(C)CNC(=O)CNC(=O)[C@H](O)C(C)(C)CO. The molecule has 0 unspecified atom stereocenters. The monoisotopic (exact) mass is 260 g/mol. The predicted molar refractivity (Wildman–Crippen MR) is 67.7 cm³/mol. The summed E-state index contributed by atoms with van der Waals surface area (Å²) in [4.78, 5) is 22.9. The van der Waals surface area contributed by atoms with Gasteiger partial charge in [0.2, 0.25) is 11.8 Å². The van der Waals surface area contributed by atoms with E-state index in [0.29, 0.717) is 12.5 Å². The second-order valence-corrected chi connectivity index (χ2v) is 5.46. The van der Waals surface area contributed by atoms with Gasteiger partial charge in [0.15, 0.2) is 0 Å². The minimum Gasteiger partial charge on any atom is -0.396 e. The van der Waals surface area contributed by atoms with Gasteiger partial charge >= 0.3 is 0 Å². The van der Waals surface area contributed by atoms with E-state index in [4.69, 9.17) is 5.11 Å². The Morgan fingerprint density at radius 3 is 2.22 bits per heavy atom. The second-order valence-electron chi connectivity index (χ2n) is 5.46. The van der Waals surface area contributed by atoms with E-state index in [1.54, 1.807) is 13.8 Å². The van der Waals surface area contributed by atoms with E-state index in [9.17, 15) is 14.7 Å². The molecule has 0 aliphatic heterocycles. The number of rotatable bonds is 7. The van der Waals surface area contributed by atoms with E-state index in [2.05, 4.69) is 10.6 Å². The van der Waals surface area contributed by atoms with Crippen LogP contribution in [0.3, 0.4) is 0 Å². The van der Waals surface area contributed by atoms with Gasteiger partial charge in [-0.15, -0.1) is 0 Å². The first-order valence-corrected chi connectivity index (χ1v) is 6.04. The van der Waals surface area contributed by atoms with Crippen molar-refractivity contribution in [1.29, 1.82) is 0 Å². The second kappa shape index (κ2) is 7.33. The summed E-state index contributed by atoms with van der Waals surface area (Å²) in [6.45, 7) is 7.11. The lowest BCUT2D eigenvalue weighted by Gasteiger charge is -2.27. The van der Waals surface area contributed by atoms with Crippen LogP contribution in [-0.2, 0) is 9.59 Å². The number of hydrogen-bond donors (Lipinski definition) is 4. The number of aliphatic hydroxyl groups is 2. The molecule has 0 saturated heterocycles. The minimum absolute atomic E-state index is 0.176. The molecular weight excluding hydrogens is 236 g/mol. The van der Waals surface area contributed by atoms with Crippen molar-refractivity contribution in [3.05, 3.63) is 0 Å². The van der Waals surface area contributed by atoms with Crippen molar-refractivity contribution in [2.45, 2.75) is 33.8 Å². The van der Waals surface area contributed by atoms with Gasteiger partial charge in [-0.1, -0.05) is 27.7 Å². The van der Waals surface area contributed by atoms with Gasteiger partial charge in [0, 0.05) is 12.0 Å². The first-order chi connectivity index (χ1) is 8.20. The molecule has 106 valence electrons. The van der Waals surface area contributed by atoms with Crippen molar-refractivity contribution in [2.75, 3.05) is 19.7 Å². The summed E-state index contributed by atoms with van der Waals surface area (Å²) in [5.74, 6) is -0.622. The zero-order chi connectivity index (χ0) is 14.3. The average Bonchev–Trinajstić information content (AvgIpc) is 2.32. The fourth-order valence-electron chi connectivity index (χ4n) is 1.09. The smallest absolute Gasteiger partial charge is 0.249 e. The fourth-order valence-corrected chi connectivity index (χ4v) is 1.09. The summed E-state index contributed by atoms with van der Waals surface area (Å²) < 4.78 is 0. The summed E-state index contributed by atoms with van der Waals surface area (Å²) >= 11 is 0. The van der Waals surface area contributed by atoms with E-state index >= 15 is 0 Å². The maximum atomic E-state index is 11.5. The molecule has 0 rings (SSSR count). The van der Waals surface area contributed by atoms with Crippen molar-refractivity contribution in [1.82, 2.24) is 10.6 Å². The van der Waals surface area contributed by atoms with Gasteiger partial charge in [-0.05, 0) is 5.92 Å². The van der Waals surface area contributed by atoms with E-state index in [0.717, 1.165) is 0 Å². The Morgan fingerprint density at radius 1 is 1.22 bits per heavy atom. The van der Waals surface area contributed by atoms with Gasteiger partial charge in [-0.2, -0.15) is 0 Å². The minimum atomic E-state index is -1.35. The van der Waals surface area contributed by atoms with Gasteiger partial charge in [0.1, 0.15) is 6.10 Å². The van der Waals surface area contributed by atoms with Crippen LogP contribution in [0.2, 0.25) is 0 Å². The van der Waals surface area contributed by atoms with E-state index in [-0.39, 0.29) is 19.1 Å². The van der Waals surface area contributed by atoms with E-state index in [1.165, 1.54) is 0 Å². The first kappa shape index (κ1) is 16.9. The highest BCUT2D eigenvalue weighted by Gasteiger charge is 2.32. The van der Waals surface area contributed by atoms with Crippen LogP contribution >= 0.6 is 0 Å². The van der Waals surface area contributed by atoms with Gasteiger partial charge in [0.25, 0.3) is 0 Å². The van der Waals surface area contributed by atoms with Crippen LogP contribution < -0.4 is 10.6 Å². The van der Waals surface area contributed by atoms with Crippen molar-refractivity contribution < 1.29 is 19.8 Å².